The second-order valence-electron chi connectivity index (χ2n) is 16.2. The summed E-state index contributed by atoms with van der Waals surface area (Å²) in [6.07, 6.45) is 3.09. The molecule has 7 N–H and O–H groups in total. The standard InChI is InChI=1S/C49H60N8O7/c1-5-7-32-9-12-34(13-10-32)47-54-29-39(31(3)55-47)42(59)28-36(17-19-51)49(62)57(4)46-35-14-16-45(64-23-21-53)38(27-35)37-25-33(11-15-44(37)63-22-20-52)26-40(41(58)8-6-18-50)56-48(61)30(2)24-43(46)60/h9-16,25,27,29-30,36,40,46H,5-8,17,19-24,26,28,51-53H2,1-4H3,(H,56,61)/t30-,36-,40+,46+/m1/s1. The third-order valence-electron chi connectivity index (χ3n) is 11.4. The van der Waals surface area contributed by atoms with E-state index >= 15 is 0 Å². The fraction of sp³-hybridized carbons (Fsp3) is 0.429. The van der Waals surface area contributed by atoms with Crippen LogP contribution in [0.2, 0.25) is 0 Å². The van der Waals surface area contributed by atoms with Gasteiger partial charge in [0.15, 0.2) is 23.2 Å². The van der Waals surface area contributed by atoms with E-state index < -0.39 is 41.5 Å². The normalized spacial score (nSPS) is 16.8. The minimum Gasteiger partial charge on any atom is -0.492 e. The molecule has 64 heavy (non-hydrogen) atoms. The van der Waals surface area contributed by atoms with E-state index in [1.807, 2.05) is 36.4 Å². The molecule has 15 heteroatoms. The van der Waals surface area contributed by atoms with Gasteiger partial charge in [-0.3, -0.25) is 24.0 Å². The first kappa shape index (κ1) is 48.7. The lowest BCUT2D eigenvalue weighted by atomic mass is 9.88. The molecule has 1 aliphatic rings. The Morgan fingerprint density at radius 3 is 2.23 bits per heavy atom. The highest BCUT2D eigenvalue weighted by Gasteiger charge is 2.36. The first-order valence-electron chi connectivity index (χ1n) is 21.9. The summed E-state index contributed by atoms with van der Waals surface area (Å²) >= 11 is 0. The summed E-state index contributed by atoms with van der Waals surface area (Å²) in [7, 11) is 1.50. The first-order chi connectivity index (χ1) is 30.8. The van der Waals surface area contributed by atoms with E-state index in [0.29, 0.717) is 45.3 Å². The number of aryl methyl sites for hydroxylation is 2. The zero-order chi connectivity index (χ0) is 46.3. The number of hydrogen-bond donors (Lipinski definition) is 4. The maximum atomic E-state index is 14.7. The van der Waals surface area contributed by atoms with Crippen LogP contribution in [0.25, 0.3) is 22.5 Å². The van der Waals surface area contributed by atoms with Crippen LogP contribution >= 0.6 is 0 Å². The van der Waals surface area contributed by atoms with Gasteiger partial charge >= 0.3 is 0 Å². The number of nitrogens with one attached hydrogen (secondary N) is 1. The van der Waals surface area contributed by atoms with Gasteiger partial charge in [0.25, 0.3) is 0 Å². The quantitative estimate of drug-likeness (QED) is 0.0908. The van der Waals surface area contributed by atoms with Crippen LogP contribution in [0.3, 0.4) is 0 Å². The van der Waals surface area contributed by atoms with Crippen molar-refractivity contribution < 1.29 is 33.4 Å². The van der Waals surface area contributed by atoms with E-state index in [9.17, 15) is 29.2 Å². The number of carbonyl (C=O) groups is 5. The van der Waals surface area contributed by atoms with E-state index in [1.54, 1.807) is 44.2 Å². The van der Waals surface area contributed by atoms with E-state index in [-0.39, 0.29) is 88.5 Å². The molecule has 0 unspecified atom stereocenters. The minimum atomic E-state index is -1.24. The molecule has 15 nitrogen and oxygen atoms in total. The van der Waals surface area contributed by atoms with E-state index in [1.165, 1.54) is 23.7 Å². The van der Waals surface area contributed by atoms with Crippen LogP contribution in [0.5, 0.6) is 11.5 Å². The van der Waals surface area contributed by atoms with E-state index in [2.05, 4.69) is 22.2 Å². The fourth-order valence-corrected chi connectivity index (χ4v) is 7.96. The van der Waals surface area contributed by atoms with Crippen LogP contribution < -0.4 is 32.0 Å². The Morgan fingerprint density at radius 2 is 1.61 bits per heavy atom. The highest BCUT2D eigenvalue weighted by atomic mass is 16.5. The van der Waals surface area contributed by atoms with Crippen molar-refractivity contribution in [2.45, 2.75) is 84.2 Å². The molecule has 2 amide bonds. The second kappa shape index (κ2) is 23.4. The Balaban J connectivity index is 1.56. The summed E-state index contributed by atoms with van der Waals surface area (Å²) in [5, 5.41) is 12.1. The average Bonchev–Trinajstić information content (AvgIpc) is 3.29. The van der Waals surface area contributed by atoms with Crippen LogP contribution in [0.15, 0.2) is 66.9 Å². The van der Waals surface area contributed by atoms with Gasteiger partial charge in [0.1, 0.15) is 30.8 Å². The summed E-state index contributed by atoms with van der Waals surface area (Å²) in [6.45, 7) is 6.29. The van der Waals surface area contributed by atoms with Crippen LogP contribution in [0.1, 0.15) is 91.2 Å². The lowest BCUT2D eigenvalue weighted by Gasteiger charge is -2.32. The number of Topliss-reactive ketones (excluding diaryl/α,β-unsaturated/α-hetero) is 3. The number of rotatable bonds is 19. The van der Waals surface area contributed by atoms with Crippen molar-refractivity contribution in [3.8, 4) is 40.1 Å². The van der Waals surface area contributed by atoms with E-state index in [4.69, 9.17) is 26.7 Å². The zero-order valence-corrected chi connectivity index (χ0v) is 37.2. The molecule has 3 aromatic carbocycles. The number of ether oxygens (including phenoxy) is 2. The molecular weight excluding hydrogens is 813 g/mol. The molecule has 0 spiro atoms. The second-order valence-corrected chi connectivity index (χ2v) is 16.2. The third-order valence-corrected chi connectivity index (χ3v) is 11.4. The largest absolute Gasteiger partial charge is 0.492 e. The lowest BCUT2D eigenvalue weighted by Crippen LogP contribution is -2.46. The van der Waals surface area contributed by atoms with Gasteiger partial charge in [-0.2, -0.15) is 5.26 Å². The lowest BCUT2D eigenvalue weighted by molar-refractivity contribution is -0.142. The summed E-state index contributed by atoms with van der Waals surface area (Å²) < 4.78 is 12.2. The fourth-order valence-electron chi connectivity index (χ4n) is 7.96. The van der Waals surface area contributed by atoms with Crippen LogP contribution in [-0.4, -0.2) is 90.0 Å². The zero-order valence-electron chi connectivity index (χ0n) is 37.2. The molecule has 0 aliphatic carbocycles. The van der Waals surface area contributed by atoms with Crippen molar-refractivity contribution in [3.63, 3.8) is 0 Å². The molecule has 1 aliphatic heterocycles. The molecule has 4 aromatic rings. The van der Waals surface area contributed by atoms with Crippen molar-refractivity contribution in [1.82, 2.24) is 20.2 Å². The molecule has 338 valence electrons. The van der Waals surface area contributed by atoms with Crippen LogP contribution in [0.4, 0.5) is 0 Å². The summed E-state index contributed by atoms with van der Waals surface area (Å²) in [5.74, 6) is -2.68. The number of benzene rings is 3. The Morgan fingerprint density at radius 1 is 0.938 bits per heavy atom. The Labute approximate surface area is 375 Å². The molecule has 0 saturated carbocycles. The van der Waals surface area contributed by atoms with Crippen molar-refractivity contribution in [1.29, 1.82) is 5.26 Å². The SMILES string of the molecule is CCCc1ccc(-c2ncc(C(=O)C[C@@H](CCN)C(=O)N(C)[C@@H]3C(=O)C[C@@H](C)C(=O)N[C@H](C(=O)CCC#N)Cc4ccc(OCCN)c(c4)-c4cc3ccc4OCCN)c(C)n2)cc1. The smallest absolute Gasteiger partial charge is 0.226 e. The molecule has 0 saturated heterocycles. The summed E-state index contributed by atoms with van der Waals surface area (Å²) in [6, 6.07) is 18.2. The number of amides is 2. The molecule has 0 radical (unpaired) electrons. The number of likely N-dealkylation sites (N-methyl/N-ethyl adjacent to an activating group) is 1. The van der Waals surface area contributed by atoms with Crippen molar-refractivity contribution in [2.24, 2.45) is 29.0 Å². The maximum absolute atomic E-state index is 14.7. The van der Waals surface area contributed by atoms with Gasteiger partial charge < -0.3 is 36.9 Å². The highest BCUT2D eigenvalue weighted by molar-refractivity contribution is 6.00. The van der Waals surface area contributed by atoms with Crippen LogP contribution in [0, 0.1) is 30.1 Å². The Bertz CT molecular complexity index is 2340. The molecule has 5 rings (SSSR count). The number of aromatic nitrogens is 2. The highest BCUT2D eigenvalue weighted by Crippen LogP contribution is 2.41. The van der Waals surface area contributed by atoms with Gasteiger partial charge in [-0.1, -0.05) is 56.7 Å². The number of carbonyl (C=O) groups excluding carboxylic acids is 5. The van der Waals surface area contributed by atoms with Crippen molar-refractivity contribution in [3.05, 3.63) is 94.8 Å². The number of nitrogens with two attached hydrogens (primary N) is 3. The molecule has 4 atom stereocenters. The molecular formula is C49H60N8O7. The van der Waals surface area contributed by atoms with Gasteiger partial charge in [0.05, 0.1) is 23.4 Å². The Kier molecular flexibility index (Phi) is 17.8. The summed E-state index contributed by atoms with van der Waals surface area (Å²) in [4.78, 5) is 81.1. The molecule has 1 aromatic heterocycles. The molecule has 4 bridgehead atoms. The number of hydrogen-bond acceptors (Lipinski definition) is 13. The van der Waals surface area contributed by atoms with Gasteiger partial charge in [-0.25, -0.2) is 9.97 Å². The number of nitriles is 1. The predicted octanol–water partition coefficient (Wildman–Crippen LogP) is 4.99. The molecule has 2 heterocycles. The van der Waals surface area contributed by atoms with Crippen molar-refractivity contribution in [2.75, 3.05) is 39.9 Å². The topological polar surface area (TPSA) is 247 Å². The summed E-state index contributed by atoms with van der Waals surface area (Å²) in [5.41, 5.74) is 22.7. The first-order valence-corrected chi connectivity index (χ1v) is 21.9. The monoisotopic (exact) mass is 872 g/mol. The van der Waals surface area contributed by atoms with E-state index in [0.717, 1.165) is 18.4 Å². The van der Waals surface area contributed by atoms with Crippen LogP contribution in [-0.2, 0) is 32.0 Å². The number of fused-ring (bicyclic) bond motifs is 5. The minimum absolute atomic E-state index is 0.0302. The van der Waals surface area contributed by atoms with Gasteiger partial charge in [0.2, 0.25) is 11.8 Å². The van der Waals surface area contributed by atoms with Gasteiger partial charge in [-0.05, 0) is 73.7 Å². The molecule has 0 fully saturated rings. The van der Waals surface area contributed by atoms with Gasteiger partial charge in [0, 0.05) is 80.5 Å². The van der Waals surface area contributed by atoms with Crippen molar-refractivity contribution >= 4 is 29.2 Å². The predicted molar refractivity (Wildman–Crippen MR) is 243 cm³/mol. The average molecular weight is 873 g/mol. The maximum Gasteiger partial charge on any atom is 0.226 e. The third kappa shape index (κ3) is 12.2. The Hall–Kier alpha value is -6.34. The number of ketones is 3. The van der Waals surface area contributed by atoms with Gasteiger partial charge in [-0.15, -0.1) is 0 Å². The number of nitrogens with zero attached hydrogens (tertiary/aromatic N) is 4.